The zero-order valence-electron chi connectivity index (χ0n) is 15.7. The Morgan fingerprint density at radius 2 is 2.07 bits per heavy atom. The van der Waals surface area contributed by atoms with Crippen molar-refractivity contribution in [1.82, 2.24) is 0 Å². The maximum Gasteiger partial charge on any atom is 0.255 e. The maximum atomic E-state index is 12.7. The van der Waals surface area contributed by atoms with Crippen molar-refractivity contribution in [3.05, 3.63) is 52.5 Å². The SMILES string of the molecule is COc1ccc(C(=O)Nc2ccc(C)c(Cl)c2)cc1N1CCCCC(O)C1. The molecule has 1 atom stereocenters. The third-order valence-electron chi connectivity index (χ3n) is 4.86. The molecule has 1 aliphatic heterocycles. The number of aliphatic hydroxyl groups excluding tert-OH is 1. The first kappa shape index (κ1) is 19.5. The lowest BCUT2D eigenvalue weighted by atomic mass is 10.1. The van der Waals surface area contributed by atoms with Gasteiger partial charge in [0.25, 0.3) is 5.91 Å². The number of halogens is 1. The topological polar surface area (TPSA) is 61.8 Å². The van der Waals surface area contributed by atoms with Crippen molar-refractivity contribution in [3.8, 4) is 5.75 Å². The molecule has 1 fully saturated rings. The van der Waals surface area contributed by atoms with E-state index in [2.05, 4.69) is 10.2 Å². The molecule has 6 heteroatoms. The van der Waals surface area contributed by atoms with Gasteiger partial charge in [0.15, 0.2) is 0 Å². The number of nitrogens with zero attached hydrogens (tertiary/aromatic N) is 1. The van der Waals surface area contributed by atoms with Gasteiger partial charge in [-0.3, -0.25) is 4.79 Å². The van der Waals surface area contributed by atoms with Gasteiger partial charge in [-0.05, 0) is 62.1 Å². The third-order valence-corrected chi connectivity index (χ3v) is 5.27. The van der Waals surface area contributed by atoms with E-state index in [-0.39, 0.29) is 12.0 Å². The number of methoxy groups -OCH3 is 1. The van der Waals surface area contributed by atoms with Crippen LogP contribution >= 0.6 is 11.6 Å². The van der Waals surface area contributed by atoms with Gasteiger partial charge in [0, 0.05) is 29.4 Å². The van der Waals surface area contributed by atoms with Crippen LogP contribution in [0.2, 0.25) is 5.02 Å². The molecule has 1 aliphatic rings. The highest BCUT2D eigenvalue weighted by Gasteiger charge is 2.20. The molecule has 5 nitrogen and oxygen atoms in total. The van der Waals surface area contributed by atoms with Gasteiger partial charge in [-0.2, -0.15) is 0 Å². The molecule has 0 bridgehead atoms. The van der Waals surface area contributed by atoms with Crippen LogP contribution in [0.15, 0.2) is 36.4 Å². The number of hydrogen-bond acceptors (Lipinski definition) is 4. The lowest BCUT2D eigenvalue weighted by Gasteiger charge is -2.26. The Labute approximate surface area is 164 Å². The minimum absolute atomic E-state index is 0.214. The summed E-state index contributed by atoms with van der Waals surface area (Å²) in [4.78, 5) is 14.8. The van der Waals surface area contributed by atoms with E-state index in [9.17, 15) is 9.90 Å². The number of aryl methyl sites for hydroxylation is 1. The Balaban J connectivity index is 1.85. The molecular formula is C21H25ClN2O3. The third kappa shape index (κ3) is 4.73. The Bertz CT molecular complexity index is 825. The minimum atomic E-state index is -0.371. The molecule has 0 aliphatic carbocycles. The summed E-state index contributed by atoms with van der Waals surface area (Å²) in [7, 11) is 1.61. The largest absolute Gasteiger partial charge is 0.495 e. The van der Waals surface area contributed by atoms with E-state index in [1.807, 2.05) is 25.1 Å². The van der Waals surface area contributed by atoms with Crippen LogP contribution in [-0.4, -0.2) is 37.3 Å². The van der Waals surface area contributed by atoms with Gasteiger partial charge in [-0.15, -0.1) is 0 Å². The second-order valence-electron chi connectivity index (χ2n) is 6.90. The molecule has 27 heavy (non-hydrogen) atoms. The number of rotatable bonds is 4. The highest BCUT2D eigenvalue weighted by atomic mass is 35.5. The summed E-state index contributed by atoms with van der Waals surface area (Å²) in [6, 6.07) is 10.8. The summed E-state index contributed by atoms with van der Waals surface area (Å²) in [5.41, 5.74) is 2.97. The average Bonchev–Trinajstić information content (AvgIpc) is 2.88. The number of benzene rings is 2. The van der Waals surface area contributed by atoms with Gasteiger partial charge in [0.2, 0.25) is 0 Å². The van der Waals surface area contributed by atoms with Gasteiger partial charge in [0.1, 0.15) is 5.75 Å². The number of anilines is 2. The number of β-amino-alcohol motifs (C(OH)–C–C–N with tert-alkyl or cyclic N) is 1. The normalized spacial score (nSPS) is 17.3. The highest BCUT2D eigenvalue weighted by molar-refractivity contribution is 6.31. The molecule has 0 saturated carbocycles. The lowest BCUT2D eigenvalue weighted by molar-refractivity contribution is 0.102. The van der Waals surface area contributed by atoms with Crippen LogP contribution in [0.5, 0.6) is 5.75 Å². The van der Waals surface area contributed by atoms with Gasteiger partial charge in [0.05, 0.1) is 18.9 Å². The van der Waals surface area contributed by atoms with Gasteiger partial charge < -0.3 is 20.1 Å². The number of ether oxygens (including phenoxy) is 1. The Hall–Kier alpha value is -2.24. The number of aliphatic hydroxyl groups is 1. The monoisotopic (exact) mass is 388 g/mol. The van der Waals surface area contributed by atoms with E-state index in [1.165, 1.54) is 0 Å². The van der Waals surface area contributed by atoms with Gasteiger partial charge >= 0.3 is 0 Å². The first-order chi connectivity index (χ1) is 13.0. The molecule has 2 aromatic rings. The predicted octanol–water partition coefficient (Wildman–Crippen LogP) is 4.26. The lowest BCUT2D eigenvalue weighted by Crippen LogP contribution is -2.31. The van der Waals surface area contributed by atoms with E-state index in [1.54, 1.807) is 25.3 Å². The first-order valence-corrected chi connectivity index (χ1v) is 9.54. The van der Waals surface area contributed by atoms with Crippen molar-refractivity contribution in [2.75, 3.05) is 30.4 Å². The van der Waals surface area contributed by atoms with Gasteiger partial charge in [-0.1, -0.05) is 17.7 Å². The van der Waals surface area contributed by atoms with Crippen LogP contribution in [0.1, 0.15) is 35.2 Å². The zero-order valence-corrected chi connectivity index (χ0v) is 16.4. The second-order valence-corrected chi connectivity index (χ2v) is 7.31. The Kier molecular flexibility index (Phi) is 6.24. The number of carbonyl (C=O) groups excluding carboxylic acids is 1. The molecule has 0 spiro atoms. The van der Waals surface area contributed by atoms with E-state index < -0.39 is 0 Å². The standard InChI is InChI=1S/C21H25ClN2O3/c1-14-6-8-16(12-18(14)22)23-21(26)15-7-9-20(27-2)19(11-15)24-10-4-3-5-17(25)13-24/h6-9,11-12,17,25H,3-5,10,13H2,1-2H3,(H,23,26). The Morgan fingerprint density at radius 1 is 1.26 bits per heavy atom. The van der Waals surface area contributed by atoms with Crippen molar-refractivity contribution in [1.29, 1.82) is 0 Å². The fourth-order valence-corrected chi connectivity index (χ4v) is 3.47. The highest BCUT2D eigenvalue weighted by Crippen LogP contribution is 2.31. The average molecular weight is 389 g/mol. The number of nitrogens with one attached hydrogen (secondary N) is 1. The maximum absolute atomic E-state index is 12.7. The van der Waals surface area contributed by atoms with Gasteiger partial charge in [-0.25, -0.2) is 0 Å². The molecule has 1 heterocycles. The molecule has 2 aromatic carbocycles. The Morgan fingerprint density at radius 3 is 2.81 bits per heavy atom. The fraction of sp³-hybridized carbons (Fsp3) is 0.381. The second kappa shape index (κ2) is 8.63. The summed E-state index contributed by atoms with van der Waals surface area (Å²) >= 11 is 6.14. The number of hydrogen-bond donors (Lipinski definition) is 2. The van der Waals surface area contributed by atoms with Crippen molar-refractivity contribution < 1.29 is 14.6 Å². The molecule has 144 valence electrons. The quantitative estimate of drug-likeness (QED) is 0.821. The van der Waals surface area contributed by atoms with Crippen LogP contribution in [0.3, 0.4) is 0 Å². The molecule has 0 radical (unpaired) electrons. The smallest absolute Gasteiger partial charge is 0.255 e. The van der Waals surface area contributed by atoms with Crippen LogP contribution in [-0.2, 0) is 0 Å². The van der Waals surface area contributed by atoms with Crippen molar-refractivity contribution >= 4 is 28.9 Å². The van der Waals surface area contributed by atoms with E-state index in [0.717, 1.165) is 37.1 Å². The molecule has 1 saturated heterocycles. The van der Waals surface area contributed by atoms with E-state index in [0.29, 0.717) is 28.6 Å². The minimum Gasteiger partial charge on any atom is -0.495 e. The predicted molar refractivity (Wildman–Crippen MR) is 109 cm³/mol. The molecule has 3 rings (SSSR count). The summed E-state index contributed by atoms with van der Waals surface area (Å²) < 4.78 is 5.48. The molecular weight excluding hydrogens is 364 g/mol. The first-order valence-electron chi connectivity index (χ1n) is 9.16. The summed E-state index contributed by atoms with van der Waals surface area (Å²) in [6.45, 7) is 3.28. The molecule has 0 aromatic heterocycles. The molecule has 2 N–H and O–H groups in total. The van der Waals surface area contributed by atoms with Crippen LogP contribution in [0, 0.1) is 6.92 Å². The fourth-order valence-electron chi connectivity index (χ4n) is 3.29. The molecule has 1 amide bonds. The summed E-state index contributed by atoms with van der Waals surface area (Å²) in [5.74, 6) is 0.480. The van der Waals surface area contributed by atoms with Crippen molar-refractivity contribution in [3.63, 3.8) is 0 Å². The van der Waals surface area contributed by atoms with Crippen LogP contribution in [0.25, 0.3) is 0 Å². The number of amides is 1. The zero-order chi connectivity index (χ0) is 19.4. The number of carbonyl (C=O) groups is 1. The van der Waals surface area contributed by atoms with Crippen LogP contribution in [0.4, 0.5) is 11.4 Å². The molecule has 1 unspecified atom stereocenters. The van der Waals surface area contributed by atoms with Crippen molar-refractivity contribution in [2.45, 2.75) is 32.3 Å². The van der Waals surface area contributed by atoms with E-state index in [4.69, 9.17) is 16.3 Å². The van der Waals surface area contributed by atoms with E-state index >= 15 is 0 Å². The van der Waals surface area contributed by atoms with Crippen LogP contribution < -0.4 is 15.0 Å². The summed E-state index contributed by atoms with van der Waals surface area (Å²) in [5, 5.41) is 13.6. The summed E-state index contributed by atoms with van der Waals surface area (Å²) in [6.07, 6.45) is 2.42. The van der Waals surface area contributed by atoms with Crippen molar-refractivity contribution in [2.24, 2.45) is 0 Å².